The molecule has 0 fully saturated rings. The van der Waals surface area contributed by atoms with Crippen LogP contribution in [-0.4, -0.2) is 70.5 Å². The van der Waals surface area contributed by atoms with Crippen molar-refractivity contribution in [2.24, 2.45) is 0 Å². The summed E-state index contributed by atoms with van der Waals surface area (Å²) in [6.07, 6.45) is 0. The first-order valence-electron chi connectivity index (χ1n) is 2.75. The second-order valence-corrected chi connectivity index (χ2v) is 1.98. The second-order valence-electron chi connectivity index (χ2n) is 1.08. The summed E-state index contributed by atoms with van der Waals surface area (Å²) in [6, 6.07) is 0. The van der Waals surface area contributed by atoms with Crippen LogP contribution in [0.25, 0.3) is 0 Å². The topological polar surface area (TPSA) is 115 Å². The van der Waals surface area contributed by atoms with Gasteiger partial charge in [-0.15, -0.1) is 0 Å². The van der Waals surface area contributed by atoms with Gasteiger partial charge in [-0.1, -0.05) is 0 Å². The quantitative estimate of drug-likeness (QED) is 0.294. The molecule has 0 bridgehead atoms. The Morgan fingerprint density at radius 1 is 1.00 bits per heavy atom. The van der Waals surface area contributed by atoms with E-state index in [2.05, 4.69) is 0 Å². The van der Waals surface area contributed by atoms with E-state index in [1.165, 1.54) is 0 Å². The molecular weight excluding hydrogens is 199 g/mol. The van der Waals surface area contributed by atoms with Crippen molar-refractivity contribution < 1.29 is 27.7 Å². The molecule has 74 valence electrons. The van der Waals surface area contributed by atoms with Crippen LogP contribution in [0.5, 0.6) is 0 Å². The van der Waals surface area contributed by atoms with Crippen LogP contribution in [0.1, 0.15) is 13.8 Å². The van der Waals surface area contributed by atoms with E-state index in [4.69, 9.17) is 27.7 Å². The average molecular weight is 214 g/mol. The fraction of sp³-hybridized carbons (Fsp3) is 1.00. The Balaban J connectivity index is -0.0000000406. The molecule has 4 N–H and O–H groups in total. The van der Waals surface area contributed by atoms with Crippen molar-refractivity contribution in [3.8, 4) is 0 Å². The molecule has 0 aliphatic rings. The molecule has 0 unspecified atom stereocenters. The van der Waals surface area contributed by atoms with Crippen LogP contribution >= 0.6 is 0 Å². The number of aliphatic hydroxyl groups is 2. The van der Waals surface area contributed by atoms with E-state index in [0.29, 0.717) is 0 Å². The molecule has 0 aromatic heterocycles. The van der Waals surface area contributed by atoms with E-state index in [9.17, 15) is 0 Å². The minimum absolute atomic E-state index is 0. The van der Waals surface area contributed by atoms with E-state index >= 15 is 0 Å². The van der Waals surface area contributed by atoms with Crippen LogP contribution < -0.4 is 0 Å². The third-order valence-electron chi connectivity index (χ3n) is 0. The molecule has 0 radical (unpaired) electrons. The molecule has 12 heavy (non-hydrogen) atoms. The molecular formula is C4H15NaO6S. The fourth-order valence-electron chi connectivity index (χ4n) is 0. The number of aliphatic hydroxyl groups excluding tert-OH is 2. The Kier molecular flexibility index (Phi) is 34.1. The maximum absolute atomic E-state index is 8.74. The van der Waals surface area contributed by atoms with Crippen molar-refractivity contribution >= 4 is 40.0 Å². The maximum atomic E-state index is 8.74. The molecule has 0 aromatic rings. The standard InChI is InChI=1S/2C2H6O.Na.H2O4S.H/c2*1-2-3;;1-5(2,3)4;/h2*3H,2H2,1H3;;(H2,1,2,3,4);. The monoisotopic (exact) mass is 214 g/mol. The van der Waals surface area contributed by atoms with Crippen LogP contribution in [0.15, 0.2) is 0 Å². The van der Waals surface area contributed by atoms with Crippen molar-refractivity contribution in [2.45, 2.75) is 13.8 Å². The van der Waals surface area contributed by atoms with Gasteiger partial charge in [0.05, 0.1) is 0 Å². The third kappa shape index (κ3) is 1660. The molecule has 6 nitrogen and oxygen atoms in total. The Morgan fingerprint density at radius 2 is 1.00 bits per heavy atom. The van der Waals surface area contributed by atoms with E-state index < -0.39 is 10.4 Å². The molecule has 0 heterocycles. The molecule has 0 spiro atoms. The normalized spacial score (nSPS) is 7.83. The third-order valence-corrected chi connectivity index (χ3v) is 0. The van der Waals surface area contributed by atoms with Gasteiger partial charge < -0.3 is 10.2 Å². The summed E-state index contributed by atoms with van der Waals surface area (Å²) in [4.78, 5) is 0. The minimum atomic E-state index is -4.67. The summed E-state index contributed by atoms with van der Waals surface area (Å²) in [5, 5.41) is 15.1. The van der Waals surface area contributed by atoms with E-state index in [1.807, 2.05) is 0 Å². The van der Waals surface area contributed by atoms with Gasteiger partial charge in [0, 0.05) is 13.2 Å². The van der Waals surface area contributed by atoms with Gasteiger partial charge in [-0.2, -0.15) is 8.42 Å². The second kappa shape index (κ2) is 17.8. The van der Waals surface area contributed by atoms with Crippen molar-refractivity contribution in [3.63, 3.8) is 0 Å². The molecule has 0 rings (SSSR count). The zero-order valence-corrected chi connectivity index (χ0v) is 7.24. The van der Waals surface area contributed by atoms with Gasteiger partial charge in [0.25, 0.3) is 0 Å². The molecule has 0 aromatic carbocycles. The summed E-state index contributed by atoms with van der Waals surface area (Å²) in [6.45, 7) is 3.86. The van der Waals surface area contributed by atoms with Gasteiger partial charge in [0.2, 0.25) is 0 Å². The van der Waals surface area contributed by atoms with Gasteiger partial charge in [-0.05, 0) is 13.8 Å². The number of hydrogen-bond acceptors (Lipinski definition) is 4. The molecule has 8 heteroatoms. The van der Waals surface area contributed by atoms with Gasteiger partial charge in [-0.25, -0.2) is 0 Å². The predicted octanol–water partition coefficient (Wildman–Crippen LogP) is -1.30. The molecule has 0 aliphatic heterocycles. The first kappa shape index (κ1) is 23.0. The van der Waals surface area contributed by atoms with Crippen LogP contribution in [0.4, 0.5) is 0 Å². The summed E-state index contributed by atoms with van der Waals surface area (Å²) in [5.41, 5.74) is 0. The summed E-state index contributed by atoms with van der Waals surface area (Å²) >= 11 is 0. The van der Waals surface area contributed by atoms with Crippen molar-refractivity contribution in [1.82, 2.24) is 0 Å². The van der Waals surface area contributed by atoms with Crippen molar-refractivity contribution in [3.05, 3.63) is 0 Å². The number of rotatable bonds is 0. The molecule has 0 amide bonds. The fourth-order valence-corrected chi connectivity index (χ4v) is 0. The molecule has 0 saturated carbocycles. The number of hydrogen-bond donors (Lipinski definition) is 4. The van der Waals surface area contributed by atoms with Gasteiger partial charge in [0.15, 0.2) is 0 Å². The van der Waals surface area contributed by atoms with E-state index in [0.717, 1.165) is 0 Å². The summed E-state index contributed by atoms with van der Waals surface area (Å²) in [7, 11) is -4.67. The van der Waals surface area contributed by atoms with E-state index in [1.54, 1.807) is 13.8 Å². The van der Waals surface area contributed by atoms with Crippen LogP contribution in [0, 0.1) is 0 Å². The van der Waals surface area contributed by atoms with Gasteiger partial charge >= 0.3 is 40.0 Å². The Morgan fingerprint density at radius 3 is 1.00 bits per heavy atom. The average Bonchev–Trinajstić information content (AvgIpc) is 1.62. The van der Waals surface area contributed by atoms with Crippen molar-refractivity contribution in [1.29, 1.82) is 0 Å². The van der Waals surface area contributed by atoms with Crippen LogP contribution in [-0.2, 0) is 10.4 Å². The molecule has 0 aliphatic carbocycles. The van der Waals surface area contributed by atoms with Crippen LogP contribution in [0.3, 0.4) is 0 Å². The van der Waals surface area contributed by atoms with Crippen molar-refractivity contribution in [2.75, 3.05) is 13.2 Å². The Bertz CT molecular complexity index is 122. The summed E-state index contributed by atoms with van der Waals surface area (Å²) in [5.74, 6) is 0. The SMILES string of the molecule is CCO.CCO.O=S(=O)(O)O.[NaH]. The first-order chi connectivity index (χ1) is 4.83. The van der Waals surface area contributed by atoms with Gasteiger partial charge in [0.1, 0.15) is 0 Å². The van der Waals surface area contributed by atoms with E-state index in [-0.39, 0.29) is 42.8 Å². The molecule has 0 atom stereocenters. The zero-order chi connectivity index (χ0) is 9.91. The first-order valence-corrected chi connectivity index (χ1v) is 4.14. The summed E-state index contributed by atoms with van der Waals surface area (Å²) < 4.78 is 31.6. The Hall–Kier alpha value is 0.790. The molecule has 0 saturated heterocycles. The zero-order valence-electron chi connectivity index (χ0n) is 6.43. The predicted molar refractivity (Wildman–Crippen MR) is 46.8 cm³/mol. The van der Waals surface area contributed by atoms with Crippen LogP contribution in [0.2, 0.25) is 0 Å². The van der Waals surface area contributed by atoms with Gasteiger partial charge in [-0.3, -0.25) is 9.11 Å². The Labute approximate surface area is 94.5 Å².